The molecule has 2 heterocycles. The van der Waals surface area contributed by atoms with Gasteiger partial charge in [-0.1, -0.05) is 37.3 Å². The fourth-order valence-electron chi connectivity index (χ4n) is 2.96. The second-order valence-corrected chi connectivity index (χ2v) is 5.66. The monoisotopic (exact) mass is 285 g/mol. The minimum absolute atomic E-state index is 0.761. The van der Waals surface area contributed by atoms with E-state index in [-0.39, 0.29) is 0 Å². The van der Waals surface area contributed by atoms with Gasteiger partial charge >= 0.3 is 0 Å². The van der Waals surface area contributed by atoms with Crippen molar-refractivity contribution in [2.45, 2.75) is 19.9 Å². The van der Waals surface area contributed by atoms with E-state index < -0.39 is 0 Å². The van der Waals surface area contributed by atoms with Crippen LogP contribution in [0.2, 0.25) is 0 Å². The van der Waals surface area contributed by atoms with Crippen LogP contribution in [0.15, 0.2) is 30.3 Å². The Bertz CT molecular complexity index is 551. The van der Waals surface area contributed by atoms with Crippen molar-refractivity contribution in [3.63, 3.8) is 0 Å². The molecule has 0 saturated carbocycles. The van der Waals surface area contributed by atoms with Gasteiger partial charge in [0, 0.05) is 18.7 Å². The lowest BCUT2D eigenvalue weighted by Gasteiger charge is -2.13. The number of aromatic amines is 1. The van der Waals surface area contributed by atoms with Crippen molar-refractivity contribution in [1.82, 2.24) is 25.6 Å². The molecule has 1 aliphatic rings. The highest BCUT2D eigenvalue weighted by Crippen LogP contribution is 2.19. The molecule has 0 aliphatic carbocycles. The molecular weight excluding hydrogens is 262 g/mol. The fourth-order valence-corrected chi connectivity index (χ4v) is 2.96. The van der Waals surface area contributed by atoms with Crippen molar-refractivity contribution in [3.05, 3.63) is 36.0 Å². The van der Waals surface area contributed by atoms with Crippen molar-refractivity contribution in [1.29, 1.82) is 0 Å². The van der Waals surface area contributed by atoms with Crippen LogP contribution in [-0.4, -0.2) is 46.5 Å². The maximum atomic E-state index is 4.28. The average Bonchev–Trinajstić information content (AvgIpc) is 3.17. The summed E-state index contributed by atoms with van der Waals surface area (Å²) in [5.41, 5.74) is 3.05. The summed E-state index contributed by atoms with van der Waals surface area (Å²) in [4.78, 5) is 2.51. The van der Waals surface area contributed by atoms with Gasteiger partial charge in [-0.25, -0.2) is 0 Å². The highest BCUT2D eigenvalue weighted by molar-refractivity contribution is 5.60. The lowest BCUT2D eigenvalue weighted by Crippen LogP contribution is -2.26. The Morgan fingerprint density at radius 2 is 2.14 bits per heavy atom. The number of benzene rings is 1. The molecule has 0 radical (unpaired) electrons. The minimum atomic E-state index is 0.761. The van der Waals surface area contributed by atoms with Crippen LogP contribution in [0.5, 0.6) is 0 Å². The molecular formula is C16H23N5. The summed E-state index contributed by atoms with van der Waals surface area (Å²) in [6, 6.07) is 10.2. The standard InChI is InChI=1S/C16H23N5/c1-2-21-9-8-13(12-21)10-17-11-15-16(19-20-18-15)14-6-4-3-5-7-14/h3-7,13,17H,2,8-12H2,1H3,(H,18,19,20). The van der Waals surface area contributed by atoms with E-state index in [1.165, 1.54) is 19.5 Å². The number of likely N-dealkylation sites (tertiary alicyclic amines) is 1. The summed E-state index contributed by atoms with van der Waals surface area (Å²) in [6.07, 6.45) is 1.30. The molecule has 5 nitrogen and oxygen atoms in total. The Kier molecular flexibility index (Phi) is 4.62. The van der Waals surface area contributed by atoms with Gasteiger partial charge in [-0.15, -0.1) is 0 Å². The fraction of sp³-hybridized carbons (Fsp3) is 0.500. The van der Waals surface area contributed by atoms with E-state index in [1.807, 2.05) is 18.2 Å². The molecule has 21 heavy (non-hydrogen) atoms. The first-order valence-electron chi connectivity index (χ1n) is 7.75. The molecule has 0 bridgehead atoms. The molecule has 112 valence electrons. The third kappa shape index (κ3) is 3.49. The van der Waals surface area contributed by atoms with E-state index >= 15 is 0 Å². The first kappa shape index (κ1) is 14.2. The van der Waals surface area contributed by atoms with Crippen molar-refractivity contribution >= 4 is 0 Å². The predicted molar refractivity (Wildman–Crippen MR) is 83.7 cm³/mol. The quantitative estimate of drug-likeness (QED) is 0.851. The van der Waals surface area contributed by atoms with Gasteiger partial charge < -0.3 is 10.2 Å². The SMILES string of the molecule is CCN1CCC(CNCc2n[nH]nc2-c2ccccc2)C1. The van der Waals surface area contributed by atoms with Gasteiger partial charge in [-0.05, 0) is 32.0 Å². The molecule has 1 unspecified atom stereocenters. The van der Waals surface area contributed by atoms with E-state index in [0.29, 0.717) is 0 Å². The lowest BCUT2D eigenvalue weighted by atomic mass is 10.1. The summed E-state index contributed by atoms with van der Waals surface area (Å²) < 4.78 is 0. The largest absolute Gasteiger partial charge is 0.311 e. The van der Waals surface area contributed by atoms with Crippen LogP contribution in [-0.2, 0) is 6.54 Å². The lowest BCUT2D eigenvalue weighted by molar-refractivity contribution is 0.338. The Balaban J connectivity index is 1.54. The zero-order valence-corrected chi connectivity index (χ0v) is 12.5. The minimum Gasteiger partial charge on any atom is -0.311 e. The van der Waals surface area contributed by atoms with Gasteiger partial charge in [0.2, 0.25) is 0 Å². The molecule has 1 aliphatic heterocycles. The Labute approximate surface area is 125 Å². The molecule has 0 spiro atoms. The number of aromatic nitrogens is 3. The second-order valence-electron chi connectivity index (χ2n) is 5.66. The summed E-state index contributed by atoms with van der Waals surface area (Å²) in [6.45, 7) is 7.67. The topological polar surface area (TPSA) is 56.8 Å². The van der Waals surface area contributed by atoms with Crippen molar-refractivity contribution in [3.8, 4) is 11.3 Å². The van der Waals surface area contributed by atoms with Crippen molar-refractivity contribution in [2.75, 3.05) is 26.2 Å². The summed E-state index contributed by atoms with van der Waals surface area (Å²) in [5, 5.41) is 14.8. The van der Waals surface area contributed by atoms with Crippen molar-refractivity contribution in [2.24, 2.45) is 5.92 Å². The first-order chi connectivity index (χ1) is 10.4. The van der Waals surface area contributed by atoms with E-state index in [1.54, 1.807) is 0 Å². The van der Waals surface area contributed by atoms with Gasteiger partial charge in [0.15, 0.2) is 0 Å². The number of H-pyrrole nitrogens is 1. The molecule has 0 amide bonds. The highest BCUT2D eigenvalue weighted by atomic mass is 15.3. The predicted octanol–water partition coefficient (Wildman–Crippen LogP) is 1.90. The average molecular weight is 285 g/mol. The third-order valence-electron chi connectivity index (χ3n) is 4.21. The van der Waals surface area contributed by atoms with Gasteiger partial charge in [-0.3, -0.25) is 0 Å². The Hall–Kier alpha value is -1.72. The van der Waals surface area contributed by atoms with Gasteiger partial charge in [0.1, 0.15) is 11.4 Å². The Morgan fingerprint density at radius 1 is 1.29 bits per heavy atom. The van der Waals surface area contributed by atoms with Crippen LogP contribution >= 0.6 is 0 Å². The maximum Gasteiger partial charge on any atom is 0.117 e. The number of nitrogens with one attached hydrogen (secondary N) is 2. The summed E-state index contributed by atoms with van der Waals surface area (Å²) >= 11 is 0. The number of hydrogen-bond donors (Lipinski definition) is 2. The van der Waals surface area contributed by atoms with Crippen LogP contribution in [0.4, 0.5) is 0 Å². The number of rotatable bonds is 6. The molecule has 1 aromatic heterocycles. The van der Waals surface area contributed by atoms with Gasteiger partial charge in [-0.2, -0.15) is 15.4 Å². The van der Waals surface area contributed by atoms with Crippen LogP contribution in [0.25, 0.3) is 11.3 Å². The normalized spacial score (nSPS) is 19.2. The van der Waals surface area contributed by atoms with Crippen LogP contribution < -0.4 is 5.32 Å². The molecule has 2 N–H and O–H groups in total. The molecule has 1 saturated heterocycles. The number of hydrogen-bond acceptors (Lipinski definition) is 4. The molecule has 1 aromatic carbocycles. The highest BCUT2D eigenvalue weighted by Gasteiger charge is 2.20. The smallest absolute Gasteiger partial charge is 0.117 e. The van der Waals surface area contributed by atoms with E-state index in [0.717, 1.165) is 42.5 Å². The molecule has 3 rings (SSSR count). The van der Waals surface area contributed by atoms with Gasteiger partial charge in [0.05, 0.1) is 0 Å². The zero-order valence-electron chi connectivity index (χ0n) is 12.5. The van der Waals surface area contributed by atoms with Crippen LogP contribution in [0.3, 0.4) is 0 Å². The van der Waals surface area contributed by atoms with Gasteiger partial charge in [0.25, 0.3) is 0 Å². The van der Waals surface area contributed by atoms with E-state index in [4.69, 9.17) is 0 Å². The third-order valence-corrected chi connectivity index (χ3v) is 4.21. The van der Waals surface area contributed by atoms with Crippen LogP contribution in [0.1, 0.15) is 19.0 Å². The van der Waals surface area contributed by atoms with E-state index in [2.05, 4.69) is 44.7 Å². The summed E-state index contributed by atoms with van der Waals surface area (Å²) in [7, 11) is 0. The second kappa shape index (κ2) is 6.83. The molecule has 5 heteroatoms. The Morgan fingerprint density at radius 3 is 2.90 bits per heavy atom. The first-order valence-corrected chi connectivity index (χ1v) is 7.75. The zero-order chi connectivity index (χ0) is 14.5. The van der Waals surface area contributed by atoms with Crippen molar-refractivity contribution < 1.29 is 0 Å². The van der Waals surface area contributed by atoms with Crippen LogP contribution in [0, 0.1) is 5.92 Å². The molecule has 1 atom stereocenters. The molecule has 1 fully saturated rings. The summed E-state index contributed by atoms with van der Waals surface area (Å²) in [5.74, 6) is 0.761. The maximum absolute atomic E-state index is 4.28. The number of nitrogens with zero attached hydrogens (tertiary/aromatic N) is 3. The molecule has 2 aromatic rings. The van der Waals surface area contributed by atoms with E-state index in [9.17, 15) is 0 Å².